The van der Waals surface area contributed by atoms with Crippen molar-refractivity contribution in [3.8, 4) is 11.1 Å². The second-order valence-corrected chi connectivity index (χ2v) is 7.34. The lowest BCUT2D eigenvalue weighted by atomic mass is 9.73. The minimum atomic E-state index is 0.217. The molecule has 0 atom stereocenters. The fourth-order valence-electron chi connectivity index (χ4n) is 3.77. The third kappa shape index (κ3) is 2.37. The van der Waals surface area contributed by atoms with Crippen molar-refractivity contribution in [3.63, 3.8) is 0 Å². The summed E-state index contributed by atoms with van der Waals surface area (Å²) >= 11 is 4.93. The highest BCUT2D eigenvalue weighted by molar-refractivity contribution is 14.1. The first kappa shape index (κ1) is 15.8. The van der Waals surface area contributed by atoms with Gasteiger partial charge in [0.25, 0.3) is 0 Å². The average molecular weight is 502 g/mol. The number of fused-ring (bicyclic) bond motifs is 3. The summed E-state index contributed by atoms with van der Waals surface area (Å²) in [4.78, 5) is 0. The molecule has 0 nitrogen and oxygen atoms in total. The Morgan fingerprint density at radius 1 is 0.762 bits per heavy atom. The summed E-state index contributed by atoms with van der Waals surface area (Å²) in [7, 11) is 0. The van der Waals surface area contributed by atoms with Crippen molar-refractivity contribution in [1.29, 1.82) is 0 Å². The van der Waals surface area contributed by atoms with E-state index in [0.717, 1.165) is 8.86 Å². The Morgan fingerprint density at radius 2 is 1.19 bits per heavy atom. The lowest BCUT2D eigenvalue weighted by molar-refractivity contribution is 0.490. The van der Waals surface area contributed by atoms with Crippen LogP contribution >= 0.6 is 45.2 Å². The zero-order chi connectivity index (χ0) is 15.0. The Morgan fingerprint density at radius 3 is 1.52 bits per heavy atom. The quantitative estimate of drug-likeness (QED) is 0.325. The molecule has 0 amide bonds. The average Bonchev–Trinajstić information content (AvgIpc) is 2.83. The third-order valence-corrected chi connectivity index (χ3v) is 6.77. The van der Waals surface area contributed by atoms with Crippen LogP contribution < -0.4 is 0 Å². The number of benzene rings is 2. The fourth-order valence-corrected chi connectivity index (χ4v) is 4.72. The largest absolute Gasteiger partial charge is 0.0812 e. The van der Waals surface area contributed by atoms with Gasteiger partial charge in [-0.3, -0.25) is 0 Å². The summed E-state index contributed by atoms with van der Waals surface area (Å²) in [6.45, 7) is 4.69. The molecule has 0 fully saturated rings. The number of hydrogen-bond acceptors (Lipinski definition) is 0. The summed E-state index contributed by atoms with van der Waals surface area (Å²) in [6, 6.07) is 14.2. The zero-order valence-corrected chi connectivity index (χ0v) is 16.9. The summed E-state index contributed by atoms with van der Waals surface area (Å²) in [5.74, 6) is 0. The van der Waals surface area contributed by atoms with Gasteiger partial charge in [-0.05, 0) is 46.2 Å². The molecule has 0 spiro atoms. The molecule has 2 aromatic rings. The van der Waals surface area contributed by atoms with Gasteiger partial charge < -0.3 is 0 Å². The van der Waals surface area contributed by atoms with Crippen molar-refractivity contribution >= 4 is 45.2 Å². The normalized spacial score (nSPS) is 14.9. The van der Waals surface area contributed by atoms with Crippen LogP contribution in [0.4, 0.5) is 0 Å². The molecule has 0 heterocycles. The van der Waals surface area contributed by atoms with Gasteiger partial charge in [-0.25, -0.2) is 0 Å². The summed E-state index contributed by atoms with van der Waals surface area (Å²) < 4.78 is 2.17. The van der Waals surface area contributed by atoms with E-state index in [2.05, 4.69) is 95.4 Å². The van der Waals surface area contributed by atoms with Gasteiger partial charge in [0.15, 0.2) is 0 Å². The van der Waals surface area contributed by atoms with Crippen molar-refractivity contribution < 1.29 is 0 Å². The molecule has 2 aromatic carbocycles. The number of halogens is 2. The molecule has 0 bridgehead atoms. The van der Waals surface area contributed by atoms with Gasteiger partial charge >= 0.3 is 0 Å². The highest BCUT2D eigenvalue weighted by atomic mass is 127. The van der Waals surface area contributed by atoms with Crippen LogP contribution in [0.3, 0.4) is 0 Å². The standard InChI is InChI=1S/C19H20I2/c1-3-19(4-2)17-9-13(11-20)5-7-15(17)16-8-6-14(12-21)10-18(16)19/h5-10H,3-4,11-12H2,1-2H3. The van der Waals surface area contributed by atoms with E-state index in [1.807, 2.05) is 0 Å². The third-order valence-electron chi connectivity index (χ3n) is 5.00. The van der Waals surface area contributed by atoms with Gasteiger partial charge in [0.2, 0.25) is 0 Å². The Kier molecular flexibility index (Phi) is 4.65. The maximum Gasteiger partial charge on any atom is 0.0247 e. The fraction of sp³-hybridized carbons (Fsp3) is 0.368. The van der Waals surface area contributed by atoms with E-state index in [-0.39, 0.29) is 5.41 Å². The number of hydrogen-bond donors (Lipinski definition) is 0. The maximum absolute atomic E-state index is 2.46. The molecule has 0 saturated carbocycles. The van der Waals surface area contributed by atoms with Crippen LogP contribution in [0, 0.1) is 0 Å². The maximum atomic E-state index is 2.46. The summed E-state index contributed by atoms with van der Waals surface area (Å²) in [5.41, 5.74) is 9.15. The van der Waals surface area contributed by atoms with E-state index < -0.39 is 0 Å². The molecule has 0 radical (unpaired) electrons. The predicted octanol–water partition coefficient (Wildman–Crippen LogP) is 6.64. The molecule has 0 N–H and O–H groups in total. The van der Waals surface area contributed by atoms with Crippen molar-refractivity contribution in [2.45, 2.75) is 41.0 Å². The highest BCUT2D eigenvalue weighted by Crippen LogP contribution is 2.53. The van der Waals surface area contributed by atoms with Gasteiger partial charge in [-0.15, -0.1) is 0 Å². The molecule has 21 heavy (non-hydrogen) atoms. The minimum absolute atomic E-state index is 0.217. The molecule has 110 valence electrons. The smallest absolute Gasteiger partial charge is 0.0247 e. The first-order valence-electron chi connectivity index (χ1n) is 7.59. The molecule has 1 aliphatic carbocycles. The summed E-state index contributed by atoms with van der Waals surface area (Å²) in [5, 5.41) is 0. The van der Waals surface area contributed by atoms with Gasteiger partial charge in [0, 0.05) is 14.3 Å². The molecule has 2 heteroatoms. The van der Waals surface area contributed by atoms with Crippen LogP contribution in [0.5, 0.6) is 0 Å². The van der Waals surface area contributed by atoms with Crippen LogP contribution in [-0.2, 0) is 14.3 Å². The van der Waals surface area contributed by atoms with Gasteiger partial charge in [0.1, 0.15) is 0 Å². The van der Waals surface area contributed by atoms with Crippen LogP contribution in [0.1, 0.15) is 48.9 Å². The van der Waals surface area contributed by atoms with E-state index in [0.29, 0.717) is 0 Å². The first-order valence-corrected chi connectivity index (χ1v) is 10.6. The molecule has 1 aliphatic rings. The lowest BCUT2D eigenvalue weighted by Gasteiger charge is -2.30. The Balaban J connectivity index is 2.30. The SMILES string of the molecule is CCC1(CC)c2cc(CI)ccc2-c2ccc(CI)cc21. The molecule has 0 aromatic heterocycles. The molecular formula is C19H20I2. The Bertz CT molecular complexity index is 614. The molecule has 0 aliphatic heterocycles. The van der Waals surface area contributed by atoms with E-state index >= 15 is 0 Å². The second kappa shape index (κ2) is 6.19. The van der Waals surface area contributed by atoms with Gasteiger partial charge in [-0.2, -0.15) is 0 Å². The number of rotatable bonds is 4. The van der Waals surface area contributed by atoms with Crippen LogP contribution in [-0.4, -0.2) is 0 Å². The van der Waals surface area contributed by atoms with E-state index in [1.54, 1.807) is 11.1 Å². The van der Waals surface area contributed by atoms with Crippen LogP contribution in [0.25, 0.3) is 11.1 Å². The van der Waals surface area contributed by atoms with Crippen LogP contribution in [0.15, 0.2) is 36.4 Å². The monoisotopic (exact) mass is 502 g/mol. The lowest BCUT2D eigenvalue weighted by Crippen LogP contribution is -2.23. The molecule has 0 unspecified atom stereocenters. The predicted molar refractivity (Wildman–Crippen MR) is 109 cm³/mol. The van der Waals surface area contributed by atoms with Crippen molar-refractivity contribution in [2.75, 3.05) is 0 Å². The van der Waals surface area contributed by atoms with Crippen molar-refractivity contribution in [2.24, 2.45) is 0 Å². The van der Waals surface area contributed by atoms with E-state index in [4.69, 9.17) is 0 Å². The van der Waals surface area contributed by atoms with Crippen LogP contribution in [0.2, 0.25) is 0 Å². The van der Waals surface area contributed by atoms with E-state index in [9.17, 15) is 0 Å². The van der Waals surface area contributed by atoms with Gasteiger partial charge in [-0.1, -0.05) is 95.4 Å². The molecular weight excluding hydrogens is 482 g/mol. The minimum Gasteiger partial charge on any atom is -0.0812 e. The second-order valence-electron chi connectivity index (χ2n) is 5.82. The van der Waals surface area contributed by atoms with Crippen molar-refractivity contribution in [3.05, 3.63) is 58.7 Å². The molecule has 0 saturated heterocycles. The highest BCUT2D eigenvalue weighted by Gasteiger charge is 2.40. The zero-order valence-electron chi connectivity index (χ0n) is 12.5. The topological polar surface area (TPSA) is 0 Å². The molecule has 3 rings (SSSR count). The first-order chi connectivity index (χ1) is 10.2. The number of alkyl halides is 2. The van der Waals surface area contributed by atoms with E-state index in [1.165, 1.54) is 35.1 Å². The Hall–Kier alpha value is -0.100. The Labute approximate surface area is 155 Å². The van der Waals surface area contributed by atoms with Crippen molar-refractivity contribution in [1.82, 2.24) is 0 Å². The summed E-state index contributed by atoms with van der Waals surface area (Å²) in [6.07, 6.45) is 2.36. The van der Waals surface area contributed by atoms with Gasteiger partial charge in [0.05, 0.1) is 0 Å².